The van der Waals surface area contributed by atoms with Crippen LogP contribution in [0.3, 0.4) is 0 Å². The molecule has 1 heterocycles. The second-order valence-electron chi connectivity index (χ2n) is 2.41. The molecule has 0 aliphatic carbocycles. The molecule has 2 N–H and O–H groups in total. The lowest BCUT2D eigenvalue weighted by atomic mass is 10.3. The standard InChI is InChI=1S/C8H10N4O/c9-6-7-2-4-11-12-8(7)10-3-1-5-13/h2,4,13H,1,3,5H2,(H,10,12). The lowest BCUT2D eigenvalue weighted by Crippen LogP contribution is -2.07. The van der Waals surface area contributed by atoms with Crippen LogP contribution in [0, 0.1) is 11.3 Å². The van der Waals surface area contributed by atoms with E-state index in [9.17, 15) is 0 Å². The molecule has 1 aromatic rings. The van der Waals surface area contributed by atoms with Crippen molar-refractivity contribution in [1.82, 2.24) is 10.2 Å². The number of nitrogens with zero attached hydrogens (tertiary/aromatic N) is 3. The van der Waals surface area contributed by atoms with E-state index in [0.29, 0.717) is 24.3 Å². The summed E-state index contributed by atoms with van der Waals surface area (Å²) in [5.41, 5.74) is 0.466. The molecule has 0 bridgehead atoms. The Bertz CT molecular complexity index is 307. The zero-order valence-corrected chi connectivity index (χ0v) is 7.06. The van der Waals surface area contributed by atoms with Gasteiger partial charge in [-0.05, 0) is 12.5 Å². The first-order chi connectivity index (χ1) is 6.38. The van der Waals surface area contributed by atoms with Crippen molar-refractivity contribution in [1.29, 1.82) is 5.26 Å². The lowest BCUT2D eigenvalue weighted by Gasteiger charge is -2.03. The summed E-state index contributed by atoms with van der Waals surface area (Å²) in [7, 11) is 0. The molecule has 0 aliphatic rings. The fraction of sp³-hybridized carbons (Fsp3) is 0.375. The number of rotatable bonds is 4. The summed E-state index contributed by atoms with van der Waals surface area (Å²) < 4.78 is 0. The summed E-state index contributed by atoms with van der Waals surface area (Å²) >= 11 is 0. The predicted octanol–water partition coefficient (Wildman–Crippen LogP) is 0.143. The fourth-order valence-corrected chi connectivity index (χ4v) is 0.838. The second-order valence-corrected chi connectivity index (χ2v) is 2.41. The average Bonchev–Trinajstić information content (AvgIpc) is 2.19. The molecule has 5 nitrogen and oxygen atoms in total. The van der Waals surface area contributed by atoms with Crippen LogP contribution in [-0.4, -0.2) is 28.5 Å². The van der Waals surface area contributed by atoms with Crippen molar-refractivity contribution < 1.29 is 5.11 Å². The van der Waals surface area contributed by atoms with E-state index in [-0.39, 0.29) is 6.61 Å². The summed E-state index contributed by atoms with van der Waals surface area (Å²) in [6.45, 7) is 0.707. The normalized spacial score (nSPS) is 9.23. The molecule has 0 aromatic carbocycles. The van der Waals surface area contributed by atoms with E-state index in [1.165, 1.54) is 6.20 Å². The number of aromatic nitrogens is 2. The van der Waals surface area contributed by atoms with Gasteiger partial charge in [-0.2, -0.15) is 10.4 Å². The zero-order chi connectivity index (χ0) is 9.52. The Morgan fingerprint density at radius 2 is 2.46 bits per heavy atom. The maximum atomic E-state index is 8.67. The topological polar surface area (TPSA) is 81.8 Å². The van der Waals surface area contributed by atoms with Gasteiger partial charge in [-0.3, -0.25) is 0 Å². The van der Waals surface area contributed by atoms with Crippen LogP contribution in [0.25, 0.3) is 0 Å². The quantitative estimate of drug-likeness (QED) is 0.641. The average molecular weight is 178 g/mol. The number of hydrogen-bond donors (Lipinski definition) is 2. The monoisotopic (exact) mass is 178 g/mol. The first kappa shape index (κ1) is 9.42. The van der Waals surface area contributed by atoms with Gasteiger partial charge >= 0.3 is 0 Å². The molecule has 5 heteroatoms. The van der Waals surface area contributed by atoms with Crippen molar-refractivity contribution in [2.75, 3.05) is 18.5 Å². The van der Waals surface area contributed by atoms with Crippen LogP contribution in [0.1, 0.15) is 12.0 Å². The van der Waals surface area contributed by atoms with Crippen molar-refractivity contribution in [2.45, 2.75) is 6.42 Å². The first-order valence-electron chi connectivity index (χ1n) is 3.95. The van der Waals surface area contributed by atoms with Crippen LogP contribution in [0.15, 0.2) is 12.3 Å². The van der Waals surface area contributed by atoms with Crippen molar-refractivity contribution in [3.8, 4) is 6.07 Å². The van der Waals surface area contributed by atoms with E-state index in [1.54, 1.807) is 6.07 Å². The predicted molar refractivity (Wildman–Crippen MR) is 46.9 cm³/mol. The third-order valence-electron chi connectivity index (χ3n) is 1.47. The van der Waals surface area contributed by atoms with E-state index in [4.69, 9.17) is 10.4 Å². The molecular formula is C8H10N4O. The van der Waals surface area contributed by atoms with Gasteiger partial charge in [-0.25, -0.2) is 0 Å². The van der Waals surface area contributed by atoms with Gasteiger partial charge in [0.05, 0.1) is 11.8 Å². The second kappa shape index (κ2) is 5.06. The van der Waals surface area contributed by atoms with Crippen LogP contribution >= 0.6 is 0 Å². The summed E-state index contributed by atoms with van der Waals surface area (Å²) in [5, 5.41) is 27.5. The van der Waals surface area contributed by atoms with Gasteiger partial charge in [0, 0.05) is 13.2 Å². The van der Waals surface area contributed by atoms with Crippen LogP contribution in [0.4, 0.5) is 5.82 Å². The Morgan fingerprint density at radius 3 is 3.15 bits per heavy atom. The third kappa shape index (κ3) is 2.69. The molecule has 1 rings (SSSR count). The molecule has 0 saturated heterocycles. The van der Waals surface area contributed by atoms with Gasteiger partial charge in [-0.15, -0.1) is 5.10 Å². The number of hydrogen-bond acceptors (Lipinski definition) is 5. The highest BCUT2D eigenvalue weighted by molar-refractivity contribution is 5.49. The summed E-state index contributed by atoms with van der Waals surface area (Å²) in [5.74, 6) is 0.471. The van der Waals surface area contributed by atoms with Crippen molar-refractivity contribution in [2.24, 2.45) is 0 Å². The molecule has 1 aromatic heterocycles. The highest BCUT2D eigenvalue weighted by Gasteiger charge is 2.00. The maximum absolute atomic E-state index is 8.67. The van der Waals surface area contributed by atoms with Crippen LogP contribution in [0.2, 0.25) is 0 Å². The Labute approximate surface area is 76.0 Å². The van der Waals surface area contributed by atoms with Gasteiger partial charge in [0.25, 0.3) is 0 Å². The minimum absolute atomic E-state index is 0.120. The van der Waals surface area contributed by atoms with E-state index in [0.717, 1.165) is 0 Å². The van der Waals surface area contributed by atoms with Gasteiger partial charge in [0.1, 0.15) is 6.07 Å². The SMILES string of the molecule is N#Cc1ccnnc1NCCCO. The fourth-order valence-electron chi connectivity index (χ4n) is 0.838. The molecule has 0 aliphatic heterocycles. The smallest absolute Gasteiger partial charge is 0.166 e. The maximum Gasteiger partial charge on any atom is 0.166 e. The Hall–Kier alpha value is -1.67. The summed E-state index contributed by atoms with van der Waals surface area (Å²) in [6, 6.07) is 3.59. The van der Waals surface area contributed by atoms with Crippen LogP contribution < -0.4 is 5.32 Å². The molecule has 0 radical (unpaired) electrons. The number of anilines is 1. The number of aliphatic hydroxyl groups excluding tert-OH is 1. The highest BCUT2D eigenvalue weighted by Crippen LogP contribution is 2.07. The molecule has 13 heavy (non-hydrogen) atoms. The number of nitriles is 1. The number of aliphatic hydroxyl groups is 1. The minimum atomic E-state index is 0.120. The van der Waals surface area contributed by atoms with Crippen LogP contribution in [0.5, 0.6) is 0 Å². The first-order valence-corrected chi connectivity index (χ1v) is 3.95. The Balaban J connectivity index is 2.60. The zero-order valence-electron chi connectivity index (χ0n) is 7.06. The lowest BCUT2D eigenvalue weighted by molar-refractivity contribution is 0.292. The molecule has 0 saturated carbocycles. The van der Waals surface area contributed by atoms with E-state index in [2.05, 4.69) is 15.5 Å². The largest absolute Gasteiger partial charge is 0.396 e. The molecule has 0 fully saturated rings. The summed E-state index contributed by atoms with van der Waals surface area (Å²) in [6.07, 6.45) is 2.09. The molecular weight excluding hydrogens is 168 g/mol. The molecule has 0 unspecified atom stereocenters. The molecule has 68 valence electrons. The highest BCUT2D eigenvalue weighted by atomic mass is 16.3. The summed E-state index contributed by atoms with van der Waals surface area (Å²) in [4.78, 5) is 0. The molecule has 0 amide bonds. The van der Waals surface area contributed by atoms with Gasteiger partial charge in [-0.1, -0.05) is 0 Å². The third-order valence-corrected chi connectivity index (χ3v) is 1.47. The Morgan fingerprint density at radius 1 is 1.62 bits per heavy atom. The Kier molecular flexibility index (Phi) is 3.67. The minimum Gasteiger partial charge on any atom is -0.396 e. The van der Waals surface area contributed by atoms with Gasteiger partial charge in [0.15, 0.2) is 5.82 Å². The van der Waals surface area contributed by atoms with Crippen molar-refractivity contribution in [3.05, 3.63) is 17.8 Å². The molecule has 0 atom stereocenters. The van der Waals surface area contributed by atoms with E-state index < -0.39 is 0 Å². The van der Waals surface area contributed by atoms with Crippen LogP contribution in [-0.2, 0) is 0 Å². The number of nitrogens with one attached hydrogen (secondary N) is 1. The van der Waals surface area contributed by atoms with E-state index >= 15 is 0 Å². The van der Waals surface area contributed by atoms with Crippen molar-refractivity contribution in [3.63, 3.8) is 0 Å². The van der Waals surface area contributed by atoms with E-state index in [1.807, 2.05) is 6.07 Å². The van der Waals surface area contributed by atoms with Gasteiger partial charge < -0.3 is 10.4 Å². The van der Waals surface area contributed by atoms with Crippen molar-refractivity contribution >= 4 is 5.82 Å². The molecule has 0 spiro atoms. The van der Waals surface area contributed by atoms with Gasteiger partial charge in [0.2, 0.25) is 0 Å².